The van der Waals surface area contributed by atoms with Crippen LogP contribution in [0.3, 0.4) is 0 Å². The van der Waals surface area contributed by atoms with E-state index in [1.54, 1.807) is 31.4 Å². The van der Waals surface area contributed by atoms with E-state index in [2.05, 4.69) is 6.07 Å². The van der Waals surface area contributed by atoms with E-state index in [1.807, 2.05) is 55.5 Å². The van der Waals surface area contributed by atoms with Gasteiger partial charge in [0.25, 0.3) is 5.91 Å². The standard InChI is InChI=1S/C27H22N2O4S2/c1-3-32-22-11-9-21(10-12-22)29-26(30)25(35-27(29)34)15-18-8-13-23(24(14-18)31-2)33-17-20-7-5-4-6-19(20)16-28/h4-15H,3,17H2,1-2H3/b25-15-. The number of thioether (sulfide) groups is 1. The first-order valence-electron chi connectivity index (χ1n) is 10.8. The van der Waals surface area contributed by atoms with E-state index in [0.717, 1.165) is 16.9 Å². The normalized spacial score (nSPS) is 14.2. The number of amides is 1. The molecule has 4 rings (SSSR count). The molecule has 0 aromatic heterocycles. The Kier molecular flexibility index (Phi) is 7.70. The highest BCUT2D eigenvalue weighted by atomic mass is 32.2. The number of benzene rings is 3. The third-order valence-electron chi connectivity index (χ3n) is 5.21. The number of methoxy groups -OCH3 is 1. The van der Waals surface area contributed by atoms with Crippen molar-refractivity contribution in [3.63, 3.8) is 0 Å². The van der Waals surface area contributed by atoms with E-state index in [1.165, 1.54) is 16.7 Å². The molecular formula is C27H22N2O4S2. The molecule has 0 N–H and O–H groups in total. The smallest absolute Gasteiger partial charge is 0.270 e. The zero-order valence-electron chi connectivity index (χ0n) is 19.2. The first-order valence-corrected chi connectivity index (χ1v) is 12.1. The van der Waals surface area contributed by atoms with Gasteiger partial charge in [0.15, 0.2) is 15.8 Å². The highest BCUT2D eigenvalue weighted by molar-refractivity contribution is 8.27. The van der Waals surface area contributed by atoms with Crippen LogP contribution >= 0.6 is 24.0 Å². The Hall–Kier alpha value is -3.80. The Morgan fingerprint density at radius 2 is 1.83 bits per heavy atom. The highest BCUT2D eigenvalue weighted by Gasteiger charge is 2.33. The minimum absolute atomic E-state index is 0.184. The maximum atomic E-state index is 13.1. The highest BCUT2D eigenvalue weighted by Crippen LogP contribution is 2.37. The van der Waals surface area contributed by atoms with Gasteiger partial charge in [-0.2, -0.15) is 5.26 Å². The maximum absolute atomic E-state index is 13.1. The Balaban J connectivity index is 1.51. The van der Waals surface area contributed by atoms with Crippen LogP contribution in [0.4, 0.5) is 5.69 Å². The van der Waals surface area contributed by atoms with E-state index in [4.69, 9.17) is 26.4 Å². The summed E-state index contributed by atoms with van der Waals surface area (Å²) in [7, 11) is 1.56. The maximum Gasteiger partial charge on any atom is 0.270 e. The Labute approximate surface area is 213 Å². The molecule has 1 heterocycles. The van der Waals surface area contributed by atoms with Crippen LogP contribution in [0, 0.1) is 11.3 Å². The molecule has 1 fully saturated rings. The molecule has 8 heteroatoms. The molecule has 0 atom stereocenters. The number of hydrogen-bond donors (Lipinski definition) is 0. The number of anilines is 1. The molecule has 0 bridgehead atoms. The second-order valence-corrected chi connectivity index (χ2v) is 9.09. The average Bonchev–Trinajstić information content (AvgIpc) is 3.16. The Bertz CT molecular complexity index is 1330. The van der Waals surface area contributed by atoms with Crippen molar-refractivity contribution in [1.29, 1.82) is 5.26 Å². The fourth-order valence-electron chi connectivity index (χ4n) is 3.50. The third kappa shape index (κ3) is 5.48. The molecule has 35 heavy (non-hydrogen) atoms. The van der Waals surface area contributed by atoms with Gasteiger partial charge >= 0.3 is 0 Å². The summed E-state index contributed by atoms with van der Waals surface area (Å²) in [6.07, 6.45) is 1.78. The van der Waals surface area contributed by atoms with Gasteiger partial charge in [-0.25, -0.2) is 0 Å². The number of thiocarbonyl (C=S) groups is 1. The molecule has 6 nitrogen and oxygen atoms in total. The SMILES string of the molecule is CCOc1ccc(N2C(=O)/C(=C/c3ccc(OCc4ccccc4C#N)c(OC)c3)SC2=S)cc1. The number of nitrogens with zero attached hydrogens (tertiary/aromatic N) is 2. The summed E-state index contributed by atoms with van der Waals surface area (Å²) >= 11 is 6.73. The molecule has 0 radical (unpaired) electrons. The first-order chi connectivity index (χ1) is 17.0. The second kappa shape index (κ2) is 11.1. The van der Waals surface area contributed by atoms with E-state index in [-0.39, 0.29) is 12.5 Å². The molecular weight excluding hydrogens is 480 g/mol. The van der Waals surface area contributed by atoms with Crippen LogP contribution in [-0.2, 0) is 11.4 Å². The molecule has 0 unspecified atom stereocenters. The van der Waals surface area contributed by atoms with Crippen molar-refractivity contribution < 1.29 is 19.0 Å². The summed E-state index contributed by atoms with van der Waals surface area (Å²) in [6.45, 7) is 2.73. The molecule has 3 aromatic rings. The topological polar surface area (TPSA) is 71.8 Å². The van der Waals surface area contributed by atoms with Gasteiger partial charge in [0.1, 0.15) is 12.4 Å². The van der Waals surface area contributed by atoms with E-state index >= 15 is 0 Å². The number of rotatable bonds is 8. The summed E-state index contributed by atoms with van der Waals surface area (Å²) < 4.78 is 17.4. The zero-order valence-corrected chi connectivity index (χ0v) is 20.8. The number of carbonyl (C=O) groups is 1. The van der Waals surface area contributed by atoms with Gasteiger partial charge < -0.3 is 14.2 Å². The fraction of sp³-hybridized carbons (Fsp3) is 0.148. The first kappa shape index (κ1) is 24.3. The molecule has 176 valence electrons. The molecule has 1 aliphatic heterocycles. The van der Waals surface area contributed by atoms with Crippen molar-refractivity contribution in [2.75, 3.05) is 18.6 Å². The van der Waals surface area contributed by atoms with Crippen molar-refractivity contribution in [3.8, 4) is 23.3 Å². The van der Waals surface area contributed by atoms with Crippen molar-refractivity contribution in [2.45, 2.75) is 13.5 Å². The van der Waals surface area contributed by atoms with Crippen LogP contribution in [0.5, 0.6) is 17.2 Å². The quantitative estimate of drug-likeness (QED) is 0.278. The lowest BCUT2D eigenvalue weighted by Gasteiger charge is -2.15. The van der Waals surface area contributed by atoms with Gasteiger partial charge in [-0.05, 0) is 61.0 Å². The summed E-state index contributed by atoms with van der Waals surface area (Å²) in [6, 6.07) is 22.2. The molecule has 0 aliphatic carbocycles. The Morgan fingerprint density at radius 1 is 1.06 bits per heavy atom. The van der Waals surface area contributed by atoms with Crippen LogP contribution in [0.15, 0.2) is 71.6 Å². The molecule has 1 aliphatic rings. The van der Waals surface area contributed by atoms with Gasteiger partial charge in [0, 0.05) is 5.56 Å². The average molecular weight is 503 g/mol. The van der Waals surface area contributed by atoms with Crippen molar-refractivity contribution >= 4 is 46.0 Å². The largest absolute Gasteiger partial charge is 0.494 e. The summed E-state index contributed by atoms with van der Waals surface area (Å²) in [5.41, 5.74) is 2.83. The van der Waals surface area contributed by atoms with Crippen molar-refractivity contribution in [3.05, 3.63) is 88.3 Å². The van der Waals surface area contributed by atoms with Gasteiger partial charge in [-0.1, -0.05) is 48.2 Å². The van der Waals surface area contributed by atoms with Crippen LogP contribution in [0.25, 0.3) is 6.08 Å². The van der Waals surface area contributed by atoms with E-state index in [9.17, 15) is 10.1 Å². The second-order valence-electron chi connectivity index (χ2n) is 7.41. The Morgan fingerprint density at radius 3 is 2.54 bits per heavy atom. The molecule has 1 amide bonds. The van der Waals surface area contributed by atoms with Gasteiger partial charge in [0.2, 0.25) is 0 Å². The minimum atomic E-state index is -0.184. The van der Waals surface area contributed by atoms with E-state index in [0.29, 0.717) is 38.6 Å². The van der Waals surface area contributed by atoms with Gasteiger partial charge in [-0.15, -0.1) is 0 Å². The van der Waals surface area contributed by atoms with Crippen molar-refractivity contribution in [1.82, 2.24) is 0 Å². The molecule has 0 spiro atoms. The predicted octanol–water partition coefficient (Wildman–Crippen LogP) is 5.95. The minimum Gasteiger partial charge on any atom is -0.494 e. The van der Waals surface area contributed by atoms with Crippen LogP contribution < -0.4 is 19.1 Å². The number of hydrogen-bond acceptors (Lipinski definition) is 7. The van der Waals surface area contributed by atoms with Crippen LogP contribution in [0.1, 0.15) is 23.6 Å². The lowest BCUT2D eigenvalue weighted by atomic mass is 10.1. The zero-order chi connectivity index (χ0) is 24.8. The monoisotopic (exact) mass is 502 g/mol. The lowest BCUT2D eigenvalue weighted by Crippen LogP contribution is -2.27. The van der Waals surface area contributed by atoms with Gasteiger partial charge in [-0.3, -0.25) is 9.69 Å². The molecule has 1 saturated heterocycles. The van der Waals surface area contributed by atoms with Crippen molar-refractivity contribution in [2.24, 2.45) is 0 Å². The number of carbonyl (C=O) groups excluding carboxylic acids is 1. The van der Waals surface area contributed by atoms with Crippen LogP contribution in [0.2, 0.25) is 0 Å². The molecule has 0 saturated carbocycles. The van der Waals surface area contributed by atoms with Gasteiger partial charge in [0.05, 0.1) is 35.9 Å². The summed E-state index contributed by atoms with van der Waals surface area (Å²) in [5.74, 6) is 1.62. The predicted molar refractivity (Wildman–Crippen MR) is 142 cm³/mol. The van der Waals surface area contributed by atoms with E-state index < -0.39 is 0 Å². The third-order valence-corrected chi connectivity index (χ3v) is 6.51. The lowest BCUT2D eigenvalue weighted by molar-refractivity contribution is -0.113. The summed E-state index contributed by atoms with van der Waals surface area (Å²) in [5, 5.41) is 9.27. The number of ether oxygens (including phenoxy) is 3. The van der Waals surface area contributed by atoms with Crippen LogP contribution in [-0.4, -0.2) is 23.9 Å². The fourth-order valence-corrected chi connectivity index (χ4v) is 4.80. The number of nitriles is 1. The molecule has 3 aromatic carbocycles. The summed E-state index contributed by atoms with van der Waals surface area (Å²) in [4.78, 5) is 15.1.